The van der Waals surface area contributed by atoms with Gasteiger partial charge < -0.3 is 5.11 Å². The molecule has 21 heavy (non-hydrogen) atoms. The van der Waals surface area contributed by atoms with Gasteiger partial charge in [-0.1, -0.05) is 0 Å². The molecule has 0 atom stereocenters. The Morgan fingerprint density at radius 2 is 2.00 bits per heavy atom. The van der Waals surface area contributed by atoms with Gasteiger partial charge in [-0.2, -0.15) is 0 Å². The second-order valence-electron chi connectivity index (χ2n) is 4.52. The molecule has 0 aliphatic carbocycles. The van der Waals surface area contributed by atoms with E-state index in [0.29, 0.717) is 16.7 Å². The van der Waals surface area contributed by atoms with Crippen LogP contribution in [0.4, 0.5) is 0 Å². The third-order valence-electron chi connectivity index (χ3n) is 3.27. The van der Waals surface area contributed by atoms with E-state index in [0.717, 1.165) is 3.70 Å². The number of carboxylic acid groups (broad SMARTS) is 1. The zero-order chi connectivity index (χ0) is 15.1. The third-order valence-corrected chi connectivity index (χ3v) is 3.91. The molecule has 1 N–H and O–H groups in total. The predicted molar refractivity (Wildman–Crippen MR) is 86.0 cm³/mol. The minimum absolute atomic E-state index is 0.149. The molecule has 0 saturated carbocycles. The first-order chi connectivity index (χ1) is 9.99. The number of imidazole rings is 1. The van der Waals surface area contributed by atoms with Crippen LogP contribution in [-0.2, 0) is 7.05 Å². The molecule has 0 aliphatic rings. The SMILES string of the molecule is Cn1c(=O)n(-c2ccc(I)nc2)c2ccc(C(=O)O)cc21. The van der Waals surface area contributed by atoms with Gasteiger partial charge in [-0.15, -0.1) is 0 Å². The Labute approximate surface area is 132 Å². The molecule has 0 bridgehead atoms. The lowest BCUT2D eigenvalue weighted by molar-refractivity contribution is 0.0697. The smallest absolute Gasteiger partial charge is 0.335 e. The van der Waals surface area contributed by atoms with E-state index in [1.54, 1.807) is 25.4 Å². The van der Waals surface area contributed by atoms with Crippen LogP contribution in [0.25, 0.3) is 16.7 Å². The lowest BCUT2D eigenvalue weighted by Gasteiger charge is -2.03. The van der Waals surface area contributed by atoms with Crippen LogP contribution in [0.5, 0.6) is 0 Å². The highest BCUT2D eigenvalue weighted by molar-refractivity contribution is 14.1. The molecule has 6 nitrogen and oxygen atoms in total. The van der Waals surface area contributed by atoms with Gasteiger partial charge >= 0.3 is 11.7 Å². The summed E-state index contributed by atoms with van der Waals surface area (Å²) in [5.41, 5.74) is 1.77. The van der Waals surface area contributed by atoms with Gasteiger partial charge in [-0.25, -0.2) is 14.6 Å². The van der Waals surface area contributed by atoms with Crippen LogP contribution in [-0.4, -0.2) is 25.2 Å². The van der Waals surface area contributed by atoms with E-state index >= 15 is 0 Å². The highest BCUT2D eigenvalue weighted by Gasteiger charge is 2.14. The molecule has 2 heterocycles. The van der Waals surface area contributed by atoms with Gasteiger partial charge in [0.2, 0.25) is 0 Å². The Morgan fingerprint density at radius 3 is 2.62 bits per heavy atom. The fourth-order valence-electron chi connectivity index (χ4n) is 2.22. The molecule has 0 aliphatic heterocycles. The van der Waals surface area contributed by atoms with E-state index in [9.17, 15) is 9.59 Å². The summed E-state index contributed by atoms with van der Waals surface area (Å²) in [6.45, 7) is 0. The lowest BCUT2D eigenvalue weighted by atomic mass is 10.2. The quantitative estimate of drug-likeness (QED) is 0.532. The summed E-state index contributed by atoms with van der Waals surface area (Å²) in [6.07, 6.45) is 1.62. The number of benzene rings is 1. The monoisotopic (exact) mass is 395 g/mol. The van der Waals surface area contributed by atoms with Crippen LogP contribution >= 0.6 is 22.6 Å². The summed E-state index contributed by atoms with van der Waals surface area (Å²) < 4.78 is 3.78. The van der Waals surface area contributed by atoms with Gasteiger partial charge in [-0.05, 0) is 52.9 Å². The van der Waals surface area contributed by atoms with Gasteiger partial charge in [0.15, 0.2) is 0 Å². The van der Waals surface area contributed by atoms with E-state index < -0.39 is 5.97 Å². The lowest BCUT2D eigenvalue weighted by Crippen LogP contribution is -2.20. The maximum Gasteiger partial charge on any atom is 0.335 e. The topological polar surface area (TPSA) is 77.1 Å². The maximum atomic E-state index is 12.4. The first kappa shape index (κ1) is 13.8. The molecule has 0 radical (unpaired) electrons. The van der Waals surface area contributed by atoms with Crippen LogP contribution in [0.3, 0.4) is 0 Å². The number of carbonyl (C=O) groups is 1. The zero-order valence-corrected chi connectivity index (χ0v) is 13.1. The molecule has 3 rings (SSSR count). The molecule has 0 saturated heterocycles. The number of carboxylic acids is 1. The average molecular weight is 395 g/mol. The van der Waals surface area contributed by atoms with Gasteiger partial charge in [0.1, 0.15) is 3.70 Å². The van der Waals surface area contributed by atoms with Gasteiger partial charge in [0.25, 0.3) is 0 Å². The van der Waals surface area contributed by atoms with Crippen molar-refractivity contribution >= 4 is 39.6 Å². The molecule has 0 spiro atoms. The Bertz CT molecular complexity index is 910. The summed E-state index contributed by atoms with van der Waals surface area (Å²) in [5, 5.41) is 9.05. The first-order valence-electron chi connectivity index (χ1n) is 6.06. The van der Waals surface area contributed by atoms with Crippen molar-refractivity contribution < 1.29 is 9.90 Å². The molecular weight excluding hydrogens is 385 g/mol. The normalized spacial score (nSPS) is 11.0. The predicted octanol–water partition coefficient (Wildman–Crippen LogP) is 2.03. The molecule has 7 heteroatoms. The van der Waals surface area contributed by atoms with Gasteiger partial charge in [0, 0.05) is 7.05 Å². The number of fused-ring (bicyclic) bond motifs is 1. The number of aromatic carboxylic acids is 1. The van der Waals surface area contributed by atoms with Crippen LogP contribution in [0, 0.1) is 3.70 Å². The number of aromatic nitrogens is 3. The number of aryl methyl sites for hydroxylation is 1. The molecule has 0 unspecified atom stereocenters. The van der Waals surface area contributed by atoms with E-state index in [-0.39, 0.29) is 11.3 Å². The number of rotatable bonds is 2. The van der Waals surface area contributed by atoms with Crippen molar-refractivity contribution in [2.24, 2.45) is 7.05 Å². The molecule has 3 aromatic rings. The van der Waals surface area contributed by atoms with E-state index in [1.807, 2.05) is 6.07 Å². The number of halogens is 1. The zero-order valence-electron chi connectivity index (χ0n) is 10.9. The minimum atomic E-state index is -1.02. The number of hydrogen-bond acceptors (Lipinski definition) is 3. The van der Waals surface area contributed by atoms with Crippen LogP contribution < -0.4 is 5.69 Å². The average Bonchev–Trinajstić information content (AvgIpc) is 2.72. The summed E-state index contributed by atoms with van der Waals surface area (Å²) in [7, 11) is 1.62. The van der Waals surface area contributed by atoms with Crippen molar-refractivity contribution in [3.05, 3.63) is 56.3 Å². The Hall–Kier alpha value is -2.16. The molecule has 0 fully saturated rings. The van der Waals surface area contributed by atoms with Crippen molar-refractivity contribution in [2.75, 3.05) is 0 Å². The maximum absolute atomic E-state index is 12.4. The highest BCUT2D eigenvalue weighted by atomic mass is 127. The van der Waals surface area contributed by atoms with E-state index in [1.165, 1.54) is 21.3 Å². The Morgan fingerprint density at radius 1 is 1.24 bits per heavy atom. The summed E-state index contributed by atoms with van der Waals surface area (Å²) in [4.78, 5) is 27.6. The molecular formula is C14H10IN3O3. The van der Waals surface area contributed by atoms with Crippen LogP contribution in [0.15, 0.2) is 41.3 Å². The van der Waals surface area contributed by atoms with Crippen molar-refractivity contribution in [3.8, 4) is 5.69 Å². The molecule has 106 valence electrons. The highest BCUT2D eigenvalue weighted by Crippen LogP contribution is 2.18. The molecule has 2 aromatic heterocycles. The van der Waals surface area contributed by atoms with Crippen molar-refractivity contribution in [1.82, 2.24) is 14.1 Å². The van der Waals surface area contributed by atoms with Crippen LogP contribution in [0.2, 0.25) is 0 Å². The third kappa shape index (κ3) is 2.23. The van der Waals surface area contributed by atoms with Gasteiger partial charge in [0.05, 0.1) is 28.5 Å². The first-order valence-corrected chi connectivity index (χ1v) is 7.13. The van der Waals surface area contributed by atoms with E-state index in [2.05, 4.69) is 27.6 Å². The fourth-order valence-corrected chi connectivity index (χ4v) is 2.54. The van der Waals surface area contributed by atoms with E-state index in [4.69, 9.17) is 5.11 Å². The molecule has 0 amide bonds. The van der Waals surface area contributed by atoms with Crippen LogP contribution in [0.1, 0.15) is 10.4 Å². The number of nitrogens with zero attached hydrogens (tertiary/aromatic N) is 3. The van der Waals surface area contributed by atoms with Crippen molar-refractivity contribution in [1.29, 1.82) is 0 Å². The minimum Gasteiger partial charge on any atom is -0.478 e. The summed E-state index contributed by atoms with van der Waals surface area (Å²) >= 11 is 2.09. The standard InChI is InChI=1S/C14H10IN3O3/c1-17-11-6-8(13(19)20)2-4-10(11)18(14(17)21)9-3-5-12(15)16-7-9/h2-7H,1H3,(H,19,20). The van der Waals surface area contributed by atoms with Crippen molar-refractivity contribution in [2.45, 2.75) is 0 Å². The Balaban J connectivity index is 2.33. The second kappa shape index (κ2) is 4.99. The summed E-state index contributed by atoms with van der Waals surface area (Å²) in [6, 6.07) is 8.24. The van der Waals surface area contributed by atoms with Crippen molar-refractivity contribution in [3.63, 3.8) is 0 Å². The number of hydrogen-bond donors (Lipinski definition) is 1. The number of pyridine rings is 1. The largest absolute Gasteiger partial charge is 0.478 e. The van der Waals surface area contributed by atoms with Gasteiger partial charge in [-0.3, -0.25) is 9.13 Å². The summed E-state index contributed by atoms with van der Waals surface area (Å²) in [5.74, 6) is -1.02. The second-order valence-corrected chi connectivity index (χ2v) is 5.63. The Kier molecular flexibility index (Phi) is 3.28. The fraction of sp³-hybridized carbons (Fsp3) is 0.0714. The molecule has 1 aromatic carbocycles.